The molecule has 1 aromatic rings. The topological polar surface area (TPSA) is 20.2 Å². The molecule has 0 aliphatic heterocycles. The van der Waals surface area contributed by atoms with Crippen LogP contribution in [0.25, 0.3) is 6.08 Å². The van der Waals surface area contributed by atoms with E-state index in [0.717, 1.165) is 5.56 Å². The maximum atomic E-state index is 10.1. The Morgan fingerprint density at radius 1 is 1.14 bits per heavy atom. The molecule has 72 valence electrons. The van der Waals surface area contributed by atoms with Crippen molar-refractivity contribution in [3.63, 3.8) is 0 Å². The van der Waals surface area contributed by atoms with Gasteiger partial charge in [0.1, 0.15) is 6.10 Å². The Morgan fingerprint density at radius 3 is 2.57 bits per heavy atom. The molecule has 0 bridgehead atoms. The minimum absolute atomic E-state index is 0.323. The lowest BCUT2D eigenvalue weighted by Crippen LogP contribution is -2.16. The largest absolute Gasteiger partial charge is 0.384 e. The van der Waals surface area contributed by atoms with Crippen molar-refractivity contribution >= 4 is 6.08 Å². The molecule has 1 saturated carbocycles. The van der Waals surface area contributed by atoms with Crippen LogP contribution in [0.4, 0.5) is 0 Å². The summed E-state index contributed by atoms with van der Waals surface area (Å²) in [6, 6.07) is 8.15. The molecule has 1 heteroatoms. The average molecular weight is 186 g/mol. The summed E-state index contributed by atoms with van der Waals surface area (Å²) < 4.78 is 0. The number of aliphatic hydroxyl groups is 1. The zero-order chi connectivity index (χ0) is 9.54. The van der Waals surface area contributed by atoms with Gasteiger partial charge in [-0.05, 0) is 35.5 Å². The van der Waals surface area contributed by atoms with Crippen LogP contribution in [0.1, 0.15) is 36.5 Å². The van der Waals surface area contributed by atoms with Crippen LogP contribution >= 0.6 is 0 Å². The van der Waals surface area contributed by atoms with Crippen molar-refractivity contribution in [3.05, 3.63) is 41.0 Å². The average Bonchev–Trinajstić information content (AvgIpc) is 2.43. The third-order valence-corrected chi connectivity index (χ3v) is 3.51. The van der Waals surface area contributed by atoms with Gasteiger partial charge < -0.3 is 5.11 Å². The van der Waals surface area contributed by atoms with Crippen molar-refractivity contribution in [1.29, 1.82) is 0 Å². The van der Waals surface area contributed by atoms with E-state index in [1.165, 1.54) is 30.4 Å². The summed E-state index contributed by atoms with van der Waals surface area (Å²) >= 11 is 0. The van der Waals surface area contributed by atoms with E-state index in [9.17, 15) is 5.11 Å². The van der Waals surface area contributed by atoms with Crippen LogP contribution in [0.2, 0.25) is 0 Å². The van der Waals surface area contributed by atoms with Crippen LogP contribution in [-0.2, 0) is 0 Å². The summed E-state index contributed by atoms with van der Waals surface area (Å²) in [5, 5.41) is 10.1. The van der Waals surface area contributed by atoms with E-state index in [-0.39, 0.29) is 6.10 Å². The molecular formula is C13H14O. The monoisotopic (exact) mass is 186 g/mol. The van der Waals surface area contributed by atoms with Crippen molar-refractivity contribution in [1.82, 2.24) is 0 Å². The van der Waals surface area contributed by atoms with E-state index < -0.39 is 0 Å². The number of benzene rings is 1. The standard InChI is InChI=1S/C13H14O/c14-13-11-7-2-1-4-10(11)8-12(13)9-5-3-6-9/h1-2,4,7-9,13-14H,3,5-6H2. The molecule has 1 N–H and O–H groups in total. The maximum absolute atomic E-state index is 10.1. The van der Waals surface area contributed by atoms with Crippen LogP contribution in [0, 0.1) is 5.92 Å². The smallest absolute Gasteiger partial charge is 0.101 e. The molecule has 1 nitrogen and oxygen atoms in total. The van der Waals surface area contributed by atoms with Gasteiger partial charge in [0.2, 0.25) is 0 Å². The molecular weight excluding hydrogens is 172 g/mol. The van der Waals surface area contributed by atoms with Gasteiger partial charge in [0.25, 0.3) is 0 Å². The highest BCUT2D eigenvalue weighted by molar-refractivity contribution is 5.66. The predicted octanol–water partition coefficient (Wildman–Crippen LogP) is 2.92. The van der Waals surface area contributed by atoms with Crippen molar-refractivity contribution in [2.75, 3.05) is 0 Å². The number of rotatable bonds is 1. The van der Waals surface area contributed by atoms with E-state index in [0.29, 0.717) is 5.92 Å². The van der Waals surface area contributed by atoms with Gasteiger partial charge in [-0.15, -0.1) is 0 Å². The molecule has 2 aliphatic rings. The highest BCUT2D eigenvalue weighted by Crippen LogP contribution is 2.44. The maximum Gasteiger partial charge on any atom is 0.101 e. The first kappa shape index (κ1) is 8.25. The fourth-order valence-electron chi connectivity index (χ4n) is 2.41. The van der Waals surface area contributed by atoms with Gasteiger partial charge in [0.15, 0.2) is 0 Å². The molecule has 1 atom stereocenters. The summed E-state index contributed by atoms with van der Waals surface area (Å²) in [5.41, 5.74) is 3.55. The lowest BCUT2D eigenvalue weighted by molar-refractivity contribution is 0.188. The normalized spacial score (nSPS) is 25.5. The van der Waals surface area contributed by atoms with Gasteiger partial charge in [0.05, 0.1) is 0 Å². The minimum atomic E-state index is -0.323. The predicted molar refractivity (Wildman–Crippen MR) is 56.7 cm³/mol. The molecule has 0 aromatic heterocycles. The third kappa shape index (κ3) is 1.05. The molecule has 0 radical (unpaired) electrons. The second-order valence-electron chi connectivity index (χ2n) is 4.30. The van der Waals surface area contributed by atoms with Crippen molar-refractivity contribution in [2.45, 2.75) is 25.4 Å². The molecule has 0 amide bonds. The second kappa shape index (κ2) is 2.96. The fourth-order valence-corrected chi connectivity index (χ4v) is 2.41. The van der Waals surface area contributed by atoms with Crippen molar-refractivity contribution in [3.8, 4) is 0 Å². The van der Waals surface area contributed by atoms with E-state index in [4.69, 9.17) is 0 Å². The Hall–Kier alpha value is -1.08. The number of fused-ring (bicyclic) bond motifs is 1. The quantitative estimate of drug-likeness (QED) is 0.715. The lowest BCUT2D eigenvalue weighted by atomic mass is 9.78. The Morgan fingerprint density at radius 2 is 1.93 bits per heavy atom. The van der Waals surface area contributed by atoms with E-state index >= 15 is 0 Å². The van der Waals surface area contributed by atoms with E-state index in [2.05, 4.69) is 12.1 Å². The van der Waals surface area contributed by atoms with Crippen LogP contribution in [0.5, 0.6) is 0 Å². The summed E-state index contributed by atoms with van der Waals surface area (Å²) in [4.78, 5) is 0. The summed E-state index contributed by atoms with van der Waals surface area (Å²) in [5.74, 6) is 0.650. The van der Waals surface area contributed by atoms with Gasteiger partial charge >= 0.3 is 0 Å². The van der Waals surface area contributed by atoms with Crippen LogP contribution in [0.3, 0.4) is 0 Å². The molecule has 3 rings (SSSR count). The van der Waals surface area contributed by atoms with Crippen LogP contribution in [-0.4, -0.2) is 5.11 Å². The molecule has 1 aromatic carbocycles. The van der Waals surface area contributed by atoms with Gasteiger partial charge in [0, 0.05) is 0 Å². The van der Waals surface area contributed by atoms with Gasteiger partial charge in [-0.25, -0.2) is 0 Å². The molecule has 0 spiro atoms. The summed E-state index contributed by atoms with van der Waals surface area (Å²) in [6.07, 6.45) is 5.71. The molecule has 1 fully saturated rings. The summed E-state index contributed by atoms with van der Waals surface area (Å²) in [7, 11) is 0. The molecule has 0 heterocycles. The number of aliphatic hydroxyl groups excluding tert-OH is 1. The lowest BCUT2D eigenvalue weighted by Gasteiger charge is -2.28. The van der Waals surface area contributed by atoms with Gasteiger partial charge in [-0.1, -0.05) is 36.8 Å². The molecule has 2 aliphatic carbocycles. The Bertz CT molecular complexity index is 388. The van der Waals surface area contributed by atoms with Gasteiger partial charge in [-0.2, -0.15) is 0 Å². The minimum Gasteiger partial charge on any atom is -0.384 e. The molecule has 0 saturated heterocycles. The number of hydrogen-bond donors (Lipinski definition) is 1. The highest BCUT2D eigenvalue weighted by atomic mass is 16.3. The first-order valence-electron chi connectivity index (χ1n) is 5.35. The first-order chi connectivity index (χ1) is 6.86. The molecule has 1 unspecified atom stereocenters. The third-order valence-electron chi connectivity index (χ3n) is 3.51. The zero-order valence-corrected chi connectivity index (χ0v) is 8.11. The van der Waals surface area contributed by atoms with Crippen molar-refractivity contribution < 1.29 is 5.11 Å². The first-order valence-corrected chi connectivity index (χ1v) is 5.35. The highest BCUT2D eigenvalue weighted by Gasteiger charge is 2.31. The van der Waals surface area contributed by atoms with E-state index in [1.54, 1.807) is 0 Å². The molecule has 14 heavy (non-hydrogen) atoms. The Kier molecular flexibility index (Phi) is 1.74. The van der Waals surface area contributed by atoms with Crippen LogP contribution in [0.15, 0.2) is 29.8 Å². The van der Waals surface area contributed by atoms with Gasteiger partial charge in [-0.3, -0.25) is 0 Å². The summed E-state index contributed by atoms with van der Waals surface area (Å²) in [6.45, 7) is 0. The zero-order valence-electron chi connectivity index (χ0n) is 8.11. The Labute approximate surface area is 84.1 Å². The fraction of sp³-hybridized carbons (Fsp3) is 0.385. The second-order valence-corrected chi connectivity index (χ2v) is 4.30. The van der Waals surface area contributed by atoms with Crippen molar-refractivity contribution in [2.24, 2.45) is 5.92 Å². The Balaban J connectivity index is 1.98. The van der Waals surface area contributed by atoms with Crippen LogP contribution < -0.4 is 0 Å². The SMILES string of the molecule is OC1C(C2CCC2)=Cc2ccccc21. The van der Waals surface area contributed by atoms with E-state index in [1.807, 2.05) is 18.2 Å². The number of hydrogen-bond acceptors (Lipinski definition) is 1.